The summed E-state index contributed by atoms with van der Waals surface area (Å²) in [5.41, 5.74) is 0.106. The lowest BCUT2D eigenvalue weighted by Gasteiger charge is -2.30. The lowest BCUT2D eigenvalue weighted by atomic mass is 9.92. The van der Waals surface area contributed by atoms with Crippen LogP contribution in [-0.4, -0.2) is 51.9 Å². The highest BCUT2D eigenvalue weighted by molar-refractivity contribution is 7.86. The topological polar surface area (TPSA) is 120 Å². The quantitative estimate of drug-likeness (QED) is 0.816. The molecule has 148 valence electrons. The SMILES string of the molecule is NS(=O)(=O)N1CCC2(CC1)C[C@H]2c1noc(-c2ccn(CC(F)(F)F)n2)n1. The molecule has 1 saturated carbocycles. The molecular weight excluding hydrogens is 389 g/mol. The van der Waals surface area contributed by atoms with Gasteiger partial charge in [0.25, 0.3) is 16.1 Å². The van der Waals surface area contributed by atoms with Crippen LogP contribution in [0.1, 0.15) is 31.0 Å². The van der Waals surface area contributed by atoms with Gasteiger partial charge in [0, 0.05) is 25.2 Å². The molecule has 4 rings (SSSR count). The zero-order chi connectivity index (χ0) is 19.4. The van der Waals surface area contributed by atoms with Crippen molar-refractivity contribution >= 4 is 10.2 Å². The summed E-state index contributed by atoms with van der Waals surface area (Å²) in [7, 11) is -3.68. The Morgan fingerprint density at radius 3 is 2.67 bits per heavy atom. The highest BCUT2D eigenvalue weighted by Crippen LogP contribution is 2.64. The molecule has 2 fully saturated rings. The zero-order valence-electron chi connectivity index (χ0n) is 14.1. The molecule has 2 N–H and O–H groups in total. The molecule has 1 spiro atoms. The van der Waals surface area contributed by atoms with Crippen molar-refractivity contribution in [2.45, 2.75) is 37.9 Å². The molecule has 0 amide bonds. The fourth-order valence-corrected chi connectivity index (χ4v) is 4.37. The largest absolute Gasteiger partial charge is 0.408 e. The van der Waals surface area contributed by atoms with Crippen molar-refractivity contribution in [3.05, 3.63) is 18.1 Å². The highest BCUT2D eigenvalue weighted by atomic mass is 32.2. The molecule has 2 aromatic rings. The fourth-order valence-electron chi connectivity index (χ4n) is 3.68. The average Bonchev–Trinajstić information content (AvgIpc) is 2.92. The van der Waals surface area contributed by atoms with Crippen LogP contribution in [-0.2, 0) is 16.8 Å². The number of aromatic nitrogens is 4. The Bertz CT molecular complexity index is 945. The molecule has 3 heterocycles. The van der Waals surface area contributed by atoms with Gasteiger partial charge >= 0.3 is 6.18 Å². The normalized spacial score (nSPS) is 23.0. The van der Waals surface area contributed by atoms with Gasteiger partial charge in [0.2, 0.25) is 0 Å². The minimum absolute atomic E-state index is 0.0369. The molecule has 1 atom stereocenters. The van der Waals surface area contributed by atoms with Crippen LogP contribution in [0.25, 0.3) is 11.6 Å². The third-order valence-corrected chi connectivity index (χ3v) is 6.31. The summed E-state index contributed by atoms with van der Waals surface area (Å²) in [4.78, 5) is 4.28. The van der Waals surface area contributed by atoms with Crippen molar-refractivity contribution in [2.24, 2.45) is 10.6 Å². The van der Waals surface area contributed by atoms with Crippen LogP contribution < -0.4 is 5.14 Å². The minimum atomic E-state index is -4.37. The summed E-state index contributed by atoms with van der Waals surface area (Å²) < 4.78 is 67.2. The third kappa shape index (κ3) is 3.71. The predicted molar refractivity (Wildman–Crippen MR) is 85.3 cm³/mol. The molecule has 0 bridgehead atoms. The van der Waals surface area contributed by atoms with Crippen molar-refractivity contribution in [2.75, 3.05) is 13.1 Å². The Balaban J connectivity index is 1.43. The minimum Gasteiger partial charge on any atom is -0.332 e. The molecule has 27 heavy (non-hydrogen) atoms. The second-order valence-corrected chi connectivity index (χ2v) is 8.58. The van der Waals surface area contributed by atoms with E-state index < -0.39 is 22.9 Å². The van der Waals surface area contributed by atoms with Gasteiger partial charge in [-0.3, -0.25) is 4.68 Å². The number of hydrogen-bond acceptors (Lipinski definition) is 6. The molecular formula is C14H17F3N6O3S. The monoisotopic (exact) mass is 406 g/mol. The number of hydrogen-bond donors (Lipinski definition) is 1. The molecule has 1 aliphatic heterocycles. The van der Waals surface area contributed by atoms with E-state index in [0.717, 1.165) is 11.1 Å². The van der Waals surface area contributed by atoms with Gasteiger partial charge in [-0.25, -0.2) is 5.14 Å². The number of rotatable bonds is 4. The van der Waals surface area contributed by atoms with Crippen molar-refractivity contribution in [3.8, 4) is 11.6 Å². The smallest absolute Gasteiger partial charge is 0.332 e. The van der Waals surface area contributed by atoms with E-state index >= 15 is 0 Å². The van der Waals surface area contributed by atoms with Gasteiger partial charge in [-0.05, 0) is 30.7 Å². The van der Waals surface area contributed by atoms with E-state index in [4.69, 9.17) is 9.66 Å². The molecule has 1 saturated heterocycles. The van der Waals surface area contributed by atoms with Crippen molar-refractivity contribution in [3.63, 3.8) is 0 Å². The van der Waals surface area contributed by atoms with Gasteiger partial charge in [-0.1, -0.05) is 5.16 Å². The van der Waals surface area contributed by atoms with Crippen LogP contribution in [0.15, 0.2) is 16.8 Å². The number of alkyl halides is 3. The van der Waals surface area contributed by atoms with Crippen molar-refractivity contribution < 1.29 is 26.1 Å². The Labute approximate surface area is 152 Å². The van der Waals surface area contributed by atoms with E-state index in [-0.39, 0.29) is 22.9 Å². The van der Waals surface area contributed by atoms with Crippen molar-refractivity contribution in [1.29, 1.82) is 0 Å². The maximum atomic E-state index is 12.4. The first-order valence-corrected chi connectivity index (χ1v) is 9.78. The van der Waals surface area contributed by atoms with Crippen LogP contribution in [0.2, 0.25) is 0 Å². The summed E-state index contributed by atoms with van der Waals surface area (Å²) >= 11 is 0. The van der Waals surface area contributed by atoms with E-state index in [1.165, 1.54) is 16.6 Å². The summed E-state index contributed by atoms with van der Waals surface area (Å²) in [6.07, 6.45) is -1.05. The van der Waals surface area contributed by atoms with Crippen molar-refractivity contribution in [1.82, 2.24) is 24.2 Å². The van der Waals surface area contributed by atoms with Crippen LogP contribution in [0.5, 0.6) is 0 Å². The lowest BCUT2D eigenvalue weighted by Crippen LogP contribution is -2.43. The maximum absolute atomic E-state index is 12.4. The Morgan fingerprint density at radius 1 is 1.33 bits per heavy atom. The predicted octanol–water partition coefficient (Wildman–Crippen LogP) is 1.27. The second kappa shape index (κ2) is 6.01. The molecule has 0 unspecified atom stereocenters. The fraction of sp³-hybridized carbons (Fsp3) is 0.643. The number of nitrogens with two attached hydrogens (primary N) is 1. The first-order chi connectivity index (χ1) is 12.6. The molecule has 1 aliphatic carbocycles. The van der Waals surface area contributed by atoms with E-state index in [0.29, 0.717) is 31.8 Å². The zero-order valence-corrected chi connectivity index (χ0v) is 14.9. The second-order valence-electron chi connectivity index (χ2n) is 7.03. The first kappa shape index (κ1) is 18.4. The molecule has 2 aromatic heterocycles. The Kier molecular flexibility index (Phi) is 4.09. The highest BCUT2D eigenvalue weighted by Gasteiger charge is 2.58. The summed E-state index contributed by atoms with van der Waals surface area (Å²) in [6.45, 7) is -0.496. The van der Waals surface area contributed by atoms with E-state index in [1.54, 1.807) is 0 Å². The number of halogens is 3. The van der Waals surface area contributed by atoms with E-state index in [2.05, 4.69) is 15.2 Å². The number of piperidine rings is 1. The van der Waals surface area contributed by atoms with Gasteiger partial charge in [0.1, 0.15) is 6.54 Å². The summed E-state index contributed by atoms with van der Waals surface area (Å²) in [5, 5.41) is 12.9. The van der Waals surface area contributed by atoms with E-state index in [1.807, 2.05) is 0 Å². The average molecular weight is 406 g/mol. The molecule has 2 aliphatic rings. The molecule has 9 nitrogen and oxygen atoms in total. The summed E-state index contributed by atoms with van der Waals surface area (Å²) in [6, 6.07) is 1.39. The van der Waals surface area contributed by atoms with Crippen LogP contribution in [0.4, 0.5) is 13.2 Å². The first-order valence-electron chi connectivity index (χ1n) is 8.28. The van der Waals surface area contributed by atoms with Gasteiger partial charge in [-0.15, -0.1) is 0 Å². The van der Waals surface area contributed by atoms with Gasteiger partial charge < -0.3 is 4.52 Å². The van der Waals surface area contributed by atoms with Crippen LogP contribution >= 0.6 is 0 Å². The maximum Gasteiger partial charge on any atom is 0.408 e. The lowest BCUT2D eigenvalue weighted by molar-refractivity contribution is -0.142. The number of nitrogens with zero attached hydrogens (tertiary/aromatic N) is 5. The Morgan fingerprint density at radius 2 is 2.04 bits per heavy atom. The van der Waals surface area contributed by atoms with Crippen LogP contribution in [0.3, 0.4) is 0 Å². The van der Waals surface area contributed by atoms with Gasteiger partial charge in [-0.2, -0.15) is 36.0 Å². The standard InChI is InChI=1S/C14H17F3N6O3S/c15-14(16,17)8-22-4-1-10(20-22)12-19-11(21-26-12)9-7-13(9)2-5-23(6-3-13)27(18,24)25/h1,4,9H,2-3,5-8H2,(H2,18,24,25)/t9-/m0/s1. The third-order valence-electron chi connectivity index (χ3n) is 5.22. The molecule has 0 aromatic carbocycles. The van der Waals surface area contributed by atoms with E-state index in [9.17, 15) is 21.6 Å². The van der Waals surface area contributed by atoms with Crippen LogP contribution in [0, 0.1) is 5.41 Å². The summed E-state index contributed by atoms with van der Waals surface area (Å²) in [5.74, 6) is 0.573. The Hall–Kier alpha value is -1.99. The molecule has 0 radical (unpaired) electrons. The molecule has 13 heteroatoms. The van der Waals surface area contributed by atoms with Gasteiger partial charge in [0.15, 0.2) is 11.5 Å². The van der Waals surface area contributed by atoms with Gasteiger partial charge in [0.05, 0.1) is 0 Å².